The first-order chi connectivity index (χ1) is 14.7. The second-order valence-corrected chi connectivity index (χ2v) is 9.49. The van der Waals surface area contributed by atoms with Crippen molar-refractivity contribution in [3.63, 3.8) is 0 Å². The van der Waals surface area contributed by atoms with Gasteiger partial charge in [0.05, 0.1) is 23.6 Å². The Morgan fingerprint density at radius 1 is 1.03 bits per heavy atom. The zero-order chi connectivity index (χ0) is 22.6. The third-order valence-electron chi connectivity index (χ3n) is 5.41. The van der Waals surface area contributed by atoms with E-state index in [0.717, 1.165) is 37.8 Å². The van der Waals surface area contributed by atoms with Gasteiger partial charge in [0, 0.05) is 13.1 Å². The van der Waals surface area contributed by atoms with Gasteiger partial charge in [-0.05, 0) is 55.7 Å². The molecule has 0 spiro atoms. The Morgan fingerprint density at radius 3 is 2.32 bits per heavy atom. The van der Waals surface area contributed by atoms with Gasteiger partial charge in [0.15, 0.2) is 11.6 Å². The van der Waals surface area contributed by atoms with Crippen molar-refractivity contribution in [1.29, 1.82) is 0 Å². The Morgan fingerprint density at radius 2 is 1.71 bits per heavy atom. The van der Waals surface area contributed by atoms with E-state index < -0.39 is 33.6 Å². The molecule has 0 radical (unpaired) electrons. The number of nitrogens with zero attached hydrogens (tertiary/aromatic N) is 1. The van der Waals surface area contributed by atoms with Crippen molar-refractivity contribution in [2.24, 2.45) is 0 Å². The van der Waals surface area contributed by atoms with Gasteiger partial charge in [-0.1, -0.05) is 18.9 Å². The number of benzene rings is 2. The summed E-state index contributed by atoms with van der Waals surface area (Å²) in [6.07, 6.45) is 3.58. The average Bonchev–Trinajstić information content (AvgIpc) is 3.05. The molecule has 1 aliphatic heterocycles. The Hall–Kier alpha value is -2.52. The number of carbonyl (C=O) groups excluding carboxylic acids is 1. The first-order valence-electron chi connectivity index (χ1n) is 10.2. The lowest BCUT2D eigenvalue weighted by atomic mass is 10.1. The lowest BCUT2D eigenvalue weighted by Crippen LogP contribution is -2.32. The van der Waals surface area contributed by atoms with Gasteiger partial charge in [0.1, 0.15) is 5.75 Å². The highest BCUT2D eigenvalue weighted by molar-refractivity contribution is 7.89. The van der Waals surface area contributed by atoms with Crippen molar-refractivity contribution >= 4 is 15.9 Å². The molecule has 6 nitrogen and oxygen atoms in total. The highest BCUT2D eigenvalue weighted by atomic mass is 32.2. The number of methoxy groups -OCH3 is 1. The van der Waals surface area contributed by atoms with E-state index in [-0.39, 0.29) is 16.2 Å². The Kier molecular flexibility index (Phi) is 7.27. The van der Waals surface area contributed by atoms with E-state index in [1.54, 1.807) is 6.92 Å². The average molecular weight is 453 g/mol. The fourth-order valence-corrected chi connectivity index (χ4v) is 5.14. The number of rotatable bonds is 6. The van der Waals surface area contributed by atoms with Crippen LogP contribution in [0.1, 0.15) is 54.6 Å². The van der Waals surface area contributed by atoms with Crippen LogP contribution in [-0.2, 0) is 10.0 Å². The van der Waals surface area contributed by atoms with Crippen LogP contribution in [0.5, 0.6) is 5.75 Å². The van der Waals surface area contributed by atoms with Crippen LogP contribution in [0, 0.1) is 11.6 Å². The molecule has 0 bridgehead atoms. The summed E-state index contributed by atoms with van der Waals surface area (Å²) in [4.78, 5) is 12.9. The molecule has 31 heavy (non-hydrogen) atoms. The Labute approximate surface area is 181 Å². The van der Waals surface area contributed by atoms with Crippen LogP contribution in [-0.4, -0.2) is 38.8 Å². The largest absolute Gasteiger partial charge is 0.496 e. The third kappa shape index (κ3) is 5.22. The summed E-state index contributed by atoms with van der Waals surface area (Å²) in [7, 11) is -2.37. The van der Waals surface area contributed by atoms with Gasteiger partial charge in [-0.15, -0.1) is 0 Å². The molecule has 1 unspecified atom stereocenters. The predicted molar refractivity (Wildman–Crippen MR) is 112 cm³/mol. The van der Waals surface area contributed by atoms with Crippen LogP contribution in [0.4, 0.5) is 8.78 Å². The molecule has 2 aromatic rings. The van der Waals surface area contributed by atoms with Gasteiger partial charge in [0.2, 0.25) is 10.0 Å². The van der Waals surface area contributed by atoms with Crippen LogP contribution in [0.25, 0.3) is 0 Å². The van der Waals surface area contributed by atoms with Crippen molar-refractivity contribution in [2.45, 2.75) is 43.5 Å². The molecular weight excluding hydrogens is 426 g/mol. The first kappa shape index (κ1) is 23.1. The van der Waals surface area contributed by atoms with E-state index in [9.17, 15) is 22.0 Å². The van der Waals surface area contributed by atoms with Gasteiger partial charge in [-0.2, -0.15) is 4.31 Å². The minimum atomic E-state index is -3.75. The third-order valence-corrected chi connectivity index (χ3v) is 7.30. The molecule has 168 valence electrons. The molecule has 3 rings (SSSR count). The standard InChI is InChI=1S/C22H26F2N2O4S/c1-15(16-7-9-19(23)20(24)13-16)25-22(27)18-14-17(8-10-21(18)30-2)31(28,29)26-11-5-3-4-6-12-26/h7-10,13-15H,3-6,11-12H2,1-2H3,(H,25,27). The van der Waals surface area contributed by atoms with E-state index >= 15 is 0 Å². The molecule has 1 N–H and O–H groups in total. The molecular formula is C22H26F2N2O4S. The second kappa shape index (κ2) is 9.74. The molecule has 0 aliphatic carbocycles. The van der Waals surface area contributed by atoms with Gasteiger partial charge in [-0.3, -0.25) is 4.79 Å². The van der Waals surface area contributed by atoms with Crippen molar-refractivity contribution < 1.29 is 26.7 Å². The van der Waals surface area contributed by atoms with E-state index in [0.29, 0.717) is 18.7 Å². The van der Waals surface area contributed by atoms with Gasteiger partial charge in [-0.25, -0.2) is 17.2 Å². The number of nitrogens with one attached hydrogen (secondary N) is 1. The highest BCUT2D eigenvalue weighted by Gasteiger charge is 2.27. The molecule has 1 saturated heterocycles. The normalized spacial score (nSPS) is 16.4. The molecule has 0 aromatic heterocycles. The fraction of sp³-hybridized carbons (Fsp3) is 0.409. The van der Waals surface area contributed by atoms with E-state index in [2.05, 4.69) is 5.32 Å². The van der Waals surface area contributed by atoms with Crippen LogP contribution in [0.15, 0.2) is 41.3 Å². The monoisotopic (exact) mass is 452 g/mol. The van der Waals surface area contributed by atoms with Crippen molar-refractivity contribution in [2.75, 3.05) is 20.2 Å². The number of halogens is 2. The smallest absolute Gasteiger partial charge is 0.255 e. The van der Waals surface area contributed by atoms with Crippen LogP contribution in [0.3, 0.4) is 0 Å². The van der Waals surface area contributed by atoms with E-state index in [1.807, 2.05) is 0 Å². The predicted octanol–water partition coefficient (Wildman–Crippen LogP) is 4.03. The lowest BCUT2D eigenvalue weighted by molar-refractivity contribution is 0.0936. The van der Waals surface area contributed by atoms with Crippen LogP contribution in [0.2, 0.25) is 0 Å². The number of hydrogen-bond donors (Lipinski definition) is 1. The molecule has 0 saturated carbocycles. The zero-order valence-corrected chi connectivity index (χ0v) is 18.3. The van der Waals surface area contributed by atoms with Crippen LogP contribution >= 0.6 is 0 Å². The van der Waals surface area contributed by atoms with Crippen LogP contribution < -0.4 is 10.1 Å². The number of sulfonamides is 1. The first-order valence-corrected chi connectivity index (χ1v) is 11.6. The van der Waals surface area contributed by atoms with E-state index in [1.165, 1.54) is 35.7 Å². The summed E-state index contributed by atoms with van der Waals surface area (Å²) >= 11 is 0. The van der Waals surface area contributed by atoms with E-state index in [4.69, 9.17) is 4.74 Å². The molecule has 9 heteroatoms. The topological polar surface area (TPSA) is 75.7 Å². The fourth-order valence-electron chi connectivity index (χ4n) is 3.60. The molecule has 2 aromatic carbocycles. The quantitative estimate of drug-likeness (QED) is 0.718. The summed E-state index contributed by atoms with van der Waals surface area (Å²) in [6.45, 7) is 2.51. The minimum absolute atomic E-state index is 0.0147. The Bertz CT molecular complexity index is 1050. The molecule has 1 heterocycles. The summed E-state index contributed by atoms with van der Waals surface area (Å²) in [5, 5.41) is 2.69. The van der Waals surface area contributed by atoms with Crippen molar-refractivity contribution in [1.82, 2.24) is 9.62 Å². The summed E-state index contributed by atoms with van der Waals surface area (Å²) < 4.78 is 59.6. The molecule has 1 atom stereocenters. The zero-order valence-electron chi connectivity index (χ0n) is 17.5. The maximum absolute atomic E-state index is 13.5. The van der Waals surface area contributed by atoms with Crippen molar-refractivity contribution in [3.8, 4) is 5.75 Å². The van der Waals surface area contributed by atoms with Gasteiger partial charge in [0.25, 0.3) is 5.91 Å². The summed E-state index contributed by atoms with van der Waals surface area (Å²) in [5.41, 5.74) is 0.424. The minimum Gasteiger partial charge on any atom is -0.496 e. The number of ether oxygens (including phenoxy) is 1. The number of amides is 1. The van der Waals surface area contributed by atoms with Gasteiger partial charge < -0.3 is 10.1 Å². The summed E-state index contributed by atoms with van der Waals surface area (Å²) in [5.74, 6) is -2.36. The molecule has 1 aliphatic rings. The molecule has 1 amide bonds. The maximum Gasteiger partial charge on any atom is 0.255 e. The number of hydrogen-bond acceptors (Lipinski definition) is 4. The highest BCUT2D eigenvalue weighted by Crippen LogP contribution is 2.27. The van der Waals surface area contributed by atoms with Crippen molar-refractivity contribution in [3.05, 3.63) is 59.2 Å². The van der Waals surface area contributed by atoms with Gasteiger partial charge >= 0.3 is 0 Å². The summed E-state index contributed by atoms with van der Waals surface area (Å²) in [6, 6.07) is 6.90. The Balaban J connectivity index is 1.87. The second-order valence-electron chi connectivity index (χ2n) is 7.55. The SMILES string of the molecule is COc1ccc(S(=O)(=O)N2CCCCCC2)cc1C(=O)NC(C)c1ccc(F)c(F)c1. The molecule has 1 fully saturated rings. The maximum atomic E-state index is 13.5. The lowest BCUT2D eigenvalue weighted by Gasteiger charge is -2.21. The number of carbonyl (C=O) groups is 1.